The smallest absolute Gasteiger partial charge is 0.277 e. The number of non-ortho nitro benzene ring substituents is 2. The van der Waals surface area contributed by atoms with Crippen LogP contribution in [0.1, 0.15) is 10.4 Å². The molecular formula is C20H13N5O5. The molecule has 1 aromatic heterocycles. The van der Waals surface area contributed by atoms with Gasteiger partial charge in [0.1, 0.15) is 0 Å². The lowest BCUT2D eigenvalue weighted by Gasteiger charge is -2.14. The van der Waals surface area contributed by atoms with Gasteiger partial charge in [0.15, 0.2) is 0 Å². The Morgan fingerprint density at radius 2 is 1.30 bits per heavy atom. The van der Waals surface area contributed by atoms with E-state index in [1.807, 2.05) is 48.5 Å². The zero-order valence-corrected chi connectivity index (χ0v) is 15.2. The van der Waals surface area contributed by atoms with E-state index in [9.17, 15) is 25.0 Å². The molecule has 3 aromatic carbocycles. The molecule has 10 nitrogen and oxygen atoms in total. The van der Waals surface area contributed by atoms with Gasteiger partial charge in [0.05, 0.1) is 38.2 Å². The third-order valence-electron chi connectivity index (χ3n) is 4.48. The van der Waals surface area contributed by atoms with Crippen molar-refractivity contribution in [3.05, 3.63) is 92.5 Å². The van der Waals surface area contributed by atoms with Gasteiger partial charge < -0.3 is 0 Å². The van der Waals surface area contributed by atoms with Crippen molar-refractivity contribution in [1.82, 2.24) is 10.4 Å². The van der Waals surface area contributed by atoms with Gasteiger partial charge in [-0.25, -0.2) is 4.98 Å². The second-order valence-electron chi connectivity index (χ2n) is 6.35. The molecule has 0 spiro atoms. The van der Waals surface area contributed by atoms with Crippen LogP contribution in [0.15, 0.2) is 66.7 Å². The van der Waals surface area contributed by atoms with Crippen molar-refractivity contribution in [2.45, 2.75) is 0 Å². The molecule has 0 atom stereocenters. The highest BCUT2D eigenvalue weighted by Crippen LogP contribution is 2.30. The highest BCUT2D eigenvalue weighted by atomic mass is 16.6. The van der Waals surface area contributed by atoms with E-state index in [4.69, 9.17) is 0 Å². The lowest BCUT2D eigenvalue weighted by Crippen LogP contribution is -2.29. The summed E-state index contributed by atoms with van der Waals surface area (Å²) >= 11 is 0. The van der Waals surface area contributed by atoms with Gasteiger partial charge in [-0.05, 0) is 12.1 Å². The highest BCUT2D eigenvalue weighted by Gasteiger charge is 2.20. The van der Waals surface area contributed by atoms with Crippen LogP contribution in [0.2, 0.25) is 0 Å². The summed E-state index contributed by atoms with van der Waals surface area (Å²) in [6.07, 6.45) is 0. The minimum Gasteiger partial charge on any atom is -0.297 e. The first-order chi connectivity index (χ1) is 14.4. The van der Waals surface area contributed by atoms with Crippen LogP contribution in [0.3, 0.4) is 0 Å². The van der Waals surface area contributed by atoms with E-state index < -0.39 is 27.1 Å². The molecule has 0 bridgehead atoms. The molecule has 0 radical (unpaired) electrons. The summed E-state index contributed by atoms with van der Waals surface area (Å²) in [6.45, 7) is 0. The summed E-state index contributed by atoms with van der Waals surface area (Å²) in [5.74, 6) is -0.758. The number of nitrogens with zero attached hydrogens (tertiary/aromatic N) is 3. The van der Waals surface area contributed by atoms with E-state index in [1.54, 1.807) is 0 Å². The van der Waals surface area contributed by atoms with Gasteiger partial charge in [0.2, 0.25) is 0 Å². The number of aromatic nitrogens is 1. The van der Waals surface area contributed by atoms with E-state index in [1.165, 1.54) is 0 Å². The Morgan fingerprint density at radius 1 is 0.800 bits per heavy atom. The standard InChI is InChI=1S/C20H13N5O5/c26-20(12-9-13(24(27)28)11-14(10-12)25(29)30)23-22-19-15-5-1-3-7-17(15)21-18-8-4-2-6-16(18)19/h1-11H,(H,21,22)(H,23,26). The van der Waals surface area contributed by atoms with Crippen LogP contribution in [0.25, 0.3) is 21.8 Å². The Balaban J connectivity index is 1.71. The monoisotopic (exact) mass is 403 g/mol. The number of carbonyl (C=O) groups is 1. The van der Waals surface area contributed by atoms with Crippen molar-refractivity contribution >= 4 is 44.8 Å². The average molecular weight is 403 g/mol. The molecule has 4 aromatic rings. The predicted octanol–water partition coefficient (Wildman–Crippen LogP) is 3.96. The Morgan fingerprint density at radius 3 is 1.80 bits per heavy atom. The van der Waals surface area contributed by atoms with Crippen LogP contribution in [-0.2, 0) is 0 Å². The van der Waals surface area contributed by atoms with Crippen molar-refractivity contribution < 1.29 is 14.6 Å². The van der Waals surface area contributed by atoms with Gasteiger partial charge in [0, 0.05) is 22.9 Å². The van der Waals surface area contributed by atoms with Crippen molar-refractivity contribution in [2.75, 3.05) is 5.43 Å². The number of nitrogens with one attached hydrogen (secondary N) is 2. The number of hydrogen-bond acceptors (Lipinski definition) is 7. The number of benzene rings is 3. The van der Waals surface area contributed by atoms with Crippen LogP contribution in [0.4, 0.5) is 17.1 Å². The summed E-state index contributed by atoms with van der Waals surface area (Å²) in [5, 5.41) is 23.6. The van der Waals surface area contributed by atoms with E-state index in [-0.39, 0.29) is 5.56 Å². The molecule has 0 saturated heterocycles. The number of fused-ring (bicyclic) bond motifs is 2. The largest absolute Gasteiger partial charge is 0.297 e. The van der Waals surface area contributed by atoms with Gasteiger partial charge >= 0.3 is 0 Å². The molecule has 30 heavy (non-hydrogen) atoms. The second-order valence-corrected chi connectivity index (χ2v) is 6.35. The summed E-state index contributed by atoms with van der Waals surface area (Å²) < 4.78 is 0. The van der Waals surface area contributed by atoms with Gasteiger partial charge in [-0.15, -0.1) is 0 Å². The zero-order valence-electron chi connectivity index (χ0n) is 15.2. The Labute approximate surface area is 168 Å². The fraction of sp³-hybridized carbons (Fsp3) is 0. The molecule has 0 unspecified atom stereocenters. The van der Waals surface area contributed by atoms with Crippen molar-refractivity contribution in [2.24, 2.45) is 0 Å². The molecule has 0 aliphatic heterocycles. The van der Waals surface area contributed by atoms with Crippen LogP contribution < -0.4 is 10.9 Å². The van der Waals surface area contributed by atoms with Gasteiger partial charge in [-0.3, -0.25) is 35.9 Å². The minimum atomic E-state index is -0.791. The first-order valence-electron chi connectivity index (χ1n) is 8.72. The number of nitro groups is 2. The first-order valence-corrected chi connectivity index (χ1v) is 8.72. The number of pyridine rings is 1. The lowest BCUT2D eigenvalue weighted by molar-refractivity contribution is -0.394. The van der Waals surface area contributed by atoms with Gasteiger partial charge in [-0.1, -0.05) is 36.4 Å². The number of rotatable bonds is 5. The summed E-state index contributed by atoms with van der Waals surface area (Å²) in [6, 6.07) is 17.4. The number of hydrogen-bond donors (Lipinski definition) is 2. The Kier molecular flexibility index (Phi) is 4.64. The summed E-state index contributed by atoms with van der Waals surface area (Å²) in [7, 11) is 0. The lowest BCUT2D eigenvalue weighted by atomic mass is 10.1. The number of para-hydroxylation sites is 2. The topological polar surface area (TPSA) is 140 Å². The van der Waals surface area contributed by atoms with Crippen LogP contribution in [-0.4, -0.2) is 20.7 Å². The van der Waals surface area contributed by atoms with Crippen LogP contribution >= 0.6 is 0 Å². The Bertz CT molecular complexity index is 1250. The fourth-order valence-electron chi connectivity index (χ4n) is 3.10. The van der Waals surface area contributed by atoms with Crippen LogP contribution in [0, 0.1) is 20.2 Å². The number of carbonyl (C=O) groups excluding carboxylic acids is 1. The number of anilines is 1. The van der Waals surface area contributed by atoms with E-state index in [2.05, 4.69) is 15.8 Å². The minimum absolute atomic E-state index is 0.217. The predicted molar refractivity (Wildman–Crippen MR) is 110 cm³/mol. The molecule has 0 saturated carbocycles. The summed E-state index contributed by atoms with van der Waals surface area (Å²) in [4.78, 5) is 37.7. The Hall–Kier alpha value is -4.60. The van der Waals surface area contributed by atoms with Crippen LogP contribution in [0.5, 0.6) is 0 Å². The molecule has 0 fully saturated rings. The number of nitro benzene ring substituents is 2. The number of hydrazine groups is 1. The second kappa shape index (κ2) is 7.43. The van der Waals surface area contributed by atoms with Crippen molar-refractivity contribution in [1.29, 1.82) is 0 Å². The fourth-order valence-corrected chi connectivity index (χ4v) is 3.10. The molecule has 1 heterocycles. The van der Waals surface area contributed by atoms with Gasteiger partial charge in [-0.2, -0.15) is 0 Å². The molecule has 148 valence electrons. The summed E-state index contributed by atoms with van der Waals surface area (Å²) in [5.41, 5.74) is 6.01. The molecule has 2 N–H and O–H groups in total. The molecular weight excluding hydrogens is 390 g/mol. The number of amides is 1. The van der Waals surface area contributed by atoms with Gasteiger partial charge in [0.25, 0.3) is 17.3 Å². The van der Waals surface area contributed by atoms with E-state index in [0.29, 0.717) is 16.7 Å². The highest BCUT2D eigenvalue weighted by molar-refractivity contribution is 6.08. The maximum Gasteiger partial charge on any atom is 0.277 e. The molecule has 1 amide bonds. The molecule has 10 heteroatoms. The van der Waals surface area contributed by atoms with Crippen molar-refractivity contribution in [3.8, 4) is 0 Å². The zero-order chi connectivity index (χ0) is 21.3. The maximum atomic E-state index is 12.6. The third-order valence-corrected chi connectivity index (χ3v) is 4.48. The normalized spacial score (nSPS) is 10.7. The maximum absolute atomic E-state index is 12.6. The molecule has 4 rings (SSSR count). The van der Waals surface area contributed by atoms with E-state index >= 15 is 0 Å². The third kappa shape index (κ3) is 3.44. The SMILES string of the molecule is O=C(NNc1c2ccccc2nc2ccccc12)c1cc([N+](=O)[O-])cc([N+](=O)[O-])c1. The van der Waals surface area contributed by atoms with Crippen molar-refractivity contribution in [3.63, 3.8) is 0 Å². The van der Waals surface area contributed by atoms with E-state index in [0.717, 1.165) is 29.0 Å². The molecule has 0 aliphatic rings. The first kappa shape index (κ1) is 18.7. The quantitative estimate of drug-likeness (QED) is 0.292. The average Bonchev–Trinajstić information content (AvgIpc) is 2.76. The molecule has 0 aliphatic carbocycles.